The van der Waals surface area contributed by atoms with Crippen LogP contribution in [-0.2, 0) is 22.4 Å². The van der Waals surface area contributed by atoms with Gasteiger partial charge in [0.2, 0.25) is 11.8 Å². The van der Waals surface area contributed by atoms with Gasteiger partial charge < -0.3 is 19.8 Å². The van der Waals surface area contributed by atoms with Crippen molar-refractivity contribution < 1.29 is 14.0 Å². The first kappa shape index (κ1) is 43.3. The van der Waals surface area contributed by atoms with Crippen molar-refractivity contribution in [1.29, 1.82) is 0 Å². The van der Waals surface area contributed by atoms with Gasteiger partial charge in [-0.1, -0.05) is 113 Å². The maximum absolute atomic E-state index is 16.2. The molecule has 2 aliphatic heterocycles. The van der Waals surface area contributed by atoms with Crippen molar-refractivity contribution in [1.82, 2.24) is 39.5 Å². The molecule has 332 valence electrons. The molecule has 0 unspecified atom stereocenters. The predicted molar refractivity (Wildman–Crippen MR) is 251 cm³/mol. The summed E-state index contributed by atoms with van der Waals surface area (Å²) in [5.74, 6) is 1.42. The molecule has 11 heteroatoms. The lowest BCUT2D eigenvalue weighted by atomic mass is 9.95. The third-order valence-electron chi connectivity index (χ3n) is 14.0. The van der Waals surface area contributed by atoms with Crippen molar-refractivity contribution in [2.75, 3.05) is 39.3 Å². The van der Waals surface area contributed by atoms with Crippen molar-refractivity contribution >= 4 is 11.8 Å². The van der Waals surface area contributed by atoms with Gasteiger partial charge in [0, 0.05) is 29.9 Å². The molecule has 1 aliphatic carbocycles. The Bertz CT molecular complexity index is 2560. The van der Waals surface area contributed by atoms with E-state index in [2.05, 4.69) is 82.7 Å². The zero-order valence-electron chi connectivity index (χ0n) is 37.7. The Morgan fingerprint density at radius 1 is 0.672 bits per heavy atom. The Balaban J connectivity index is 0.932. The Kier molecular flexibility index (Phi) is 12.9. The molecular weight excluding hydrogens is 800 g/mol. The number of amides is 2. The molecule has 4 atom stereocenters. The van der Waals surface area contributed by atoms with Crippen LogP contribution in [0.5, 0.6) is 0 Å². The molecule has 2 N–H and O–H groups in total. The third-order valence-corrected chi connectivity index (χ3v) is 14.0. The molecule has 3 aliphatic rings. The summed E-state index contributed by atoms with van der Waals surface area (Å²) in [6, 6.07) is 30.9. The lowest BCUT2D eigenvalue weighted by molar-refractivity contribution is -0.139. The minimum absolute atomic E-state index is 0.0751. The van der Waals surface area contributed by atoms with Crippen molar-refractivity contribution in [3.8, 4) is 33.6 Å². The summed E-state index contributed by atoms with van der Waals surface area (Å²) in [7, 11) is 0. The van der Waals surface area contributed by atoms with Gasteiger partial charge in [-0.25, -0.2) is 14.4 Å². The van der Waals surface area contributed by atoms with E-state index in [-0.39, 0.29) is 41.8 Å². The highest BCUT2D eigenvalue weighted by Gasteiger charge is 2.40. The molecule has 0 saturated carbocycles. The highest BCUT2D eigenvalue weighted by Crippen LogP contribution is 2.41. The van der Waals surface area contributed by atoms with E-state index in [0.717, 1.165) is 116 Å². The fraction of sp³-hybridized carbons (Fsp3) is 0.396. The van der Waals surface area contributed by atoms with Gasteiger partial charge in [-0.05, 0) is 111 Å². The number of benzene rings is 4. The van der Waals surface area contributed by atoms with Crippen LogP contribution in [0.2, 0.25) is 0 Å². The average Bonchev–Trinajstić information content (AvgIpc) is 4.17. The van der Waals surface area contributed by atoms with Gasteiger partial charge >= 0.3 is 0 Å². The summed E-state index contributed by atoms with van der Waals surface area (Å²) in [5, 5.41) is 0. The van der Waals surface area contributed by atoms with Gasteiger partial charge in [-0.15, -0.1) is 0 Å². The molecule has 10 nitrogen and oxygen atoms in total. The van der Waals surface area contributed by atoms with Gasteiger partial charge in [-0.3, -0.25) is 19.4 Å². The molecule has 2 fully saturated rings. The van der Waals surface area contributed by atoms with Crippen LogP contribution in [0.25, 0.3) is 33.6 Å². The molecule has 0 bridgehead atoms. The molecule has 4 heterocycles. The summed E-state index contributed by atoms with van der Waals surface area (Å²) in [6.07, 6.45) is 7.89. The van der Waals surface area contributed by atoms with Crippen molar-refractivity contribution in [3.05, 3.63) is 143 Å². The first-order valence-corrected chi connectivity index (χ1v) is 23.6. The summed E-state index contributed by atoms with van der Waals surface area (Å²) in [6.45, 7) is 12.9. The van der Waals surface area contributed by atoms with Crippen molar-refractivity contribution in [3.63, 3.8) is 0 Å². The lowest BCUT2D eigenvalue weighted by Crippen LogP contribution is -2.43. The predicted octanol–water partition coefficient (Wildman–Crippen LogP) is 10.3. The number of aryl methyl sites for hydroxylation is 2. The Hall–Kier alpha value is -5.91. The van der Waals surface area contributed by atoms with Crippen molar-refractivity contribution in [2.24, 2.45) is 0 Å². The first-order valence-electron chi connectivity index (χ1n) is 23.6. The quantitative estimate of drug-likeness (QED) is 0.113. The molecule has 0 radical (unpaired) electrons. The van der Waals surface area contributed by atoms with Crippen LogP contribution < -0.4 is 0 Å². The van der Waals surface area contributed by atoms with Gasteiger partial charge in [0.05, 0.1) is 29.7 Å². The van der Waals surface area contributed by atoms with Gasteiger partial charge in [-0.2, -0.15) is 0 Å². The number of hydrogen-bond acceptors (Lipinski definition) is 6. The molecule has 64 heavy (non-hydrogen) atoms. The van der Waals surface area contributed by atoms with Crippen LogP contribution >= 0.6 is 0 Å². The molecular formula is C53H61FN8O2. The smallest absolute Gasteiger partial charge is 0.245 e. The number of carbonyl (C=O) groups excluding carboxylic acids is 2. The topological polar surface area (TPSA) is 104 Å². The largest absolute Gasteiger partial charge is 0.344 e. The van der Waals surface area contributed by atoms with E-state index in [9.17, 15) is 9.59 Å². The number of hydrogen-bond donors (Lipinski definition) is 2. The number of fused-ring (bicyclic) bond motifs is 3. The minimum atomic E-state index is -0.376. The fourth-order valence-corrected chi connectivity index (χ4v) is 10.6. The average molecular weight is 861 g/mol. The number of H-pyrrole nitrogens is 2. The van der Waals surface area contributed by atoms with Crippen LogP contribution in [0, 0.1) is 5.82 Å². The fourth-order valence-electron chi connectivity index (χ4n) is 10.6. The van der Waals surface area contributed by atoms with Crippen LogP contribution in [0.1, 0.15) is 118 Å². The number of imidazole rings is 2. The summed E-state index contributed by atoms with van der Waals surface area (Å²) in [4.78, 5) is 54.4. The second kappa shape index (κ2) is 19.1. The standard InChI is InChI=1S/C53H61FN8O2/c1-5-59(6-2)48(35-18-11-9-12-19-35)52(63)61-30-16-24-45(61)50-55-34-44(57-50)41-29-27-38(33-42(41)54)37-26-28-40-39(32-37)22-15-23-43-47(40)58-51(56-43)46-25-17-31-62(46)53(64)49(60(7-3)8-4)36-20-13-10-14-21-36/h9-14,18-21,26-29,32-34,45-46,48-49H,5-8,15-17,22-25,30-31H2,1-4H3,(H,55,57)(H,56,58)/t45-,46-,48+,49+/m0/s1. The van der Waals surface area contributed by atoms with Crippen LogP contribution in [0.4, 0.5) is 4.39 Å². The lowest BCUT2D eigenvalue weighted by Gasteiger charge is -2.34. The number of nitrogens with one attached hydrogen (secondary N) is 2. The van der Waals surface area contributed by atoms with E-state index < -0.39 is 0 Å². The number of aromatic nitrogens is 4. The van der Waals surface area contributed by atoms with Crippen molar-refractivity contribution in [2.45, 2.75) is 96.8 Å². The van der Waals surface area contributed by atoms with E-state index in [0.29, 0.717) is 30.2 Å². The van der Waals surface area contributed by atoms with E-state index in [1.807, 2.05) is 65.6 Å². The molecule has 6 aromatic rings. The molecule has 2 aromatic heterocycles. The second-order valence-electron chi connectivity index (χ2n) is 17.5. The van der Waals surface area contributed by atoms with Crippen LogP contribution in [0.15, 0.2) is 103 Å². The number of rotatable bonds is 14. The minimum Gasteiger partial charge on any atom is -0.344 e. The normalized spacial score (nSPS) is 18.3. The second-order valence-corrected chi connectivity index (χ2v) is 17.5. The maximum atomic E-state index is 16.2. The zero-order chi connectivity index (χ0) is 44.3. The van der Waals surface area contributed by atoms with Gasteiger partial charge in [0.1, 0.15) is 29.5 Å². The highest BCUT2D eigenvalue weighted by molar-refractivity contribution is 5.85. The Labute approximate surface area is 376 Å². The molecule has 4 aromatic carbocycles. The van der Waals surface area contributed by atoms with Crippen LogP contribution in [-0.4, -0.2) is 90.6 Å². The highest BCUT2D eigenvalue weighted by atomic mass is 19.1. The van der Waals surface area contributed by atoms with Gasteiger partial charge in [0.15, 0.2) is 0 Å². The Morgan fingerprint density at radius 2 is 1.22 bits per heavy atom. The number of likely N-dealkylation sites (tertiary alicyclic amines) is 2. The number of halogens is 1. The van der Waals surface area contributed by atoms with Gasteiger partial charge in [0.25, 0.3) is 0 Å². The molecule has 0 spiro atoms. The molecule has 9 rings (SSSR count). The first-order chi connectivity index (χ1) is 31.3. The summed E-state index contributed by atoms with van der Waals surface area (Å²) >= 11 is 0. The number of carbonyl (C=O) groups is 2. The van der Waals surface area contributed by atoms with E-state index in [1.165, 1.54) is 5.56 Å². The number of aromatic amines is 2. The number of likely N-dealkylation sites (N-methyl/N-ethyl adjacent to an activating group) is 2. The summed E-state index contributed by atoms with van der Waals surface area (Å²) < 4.78 is 16.2. The Morgan fingerprint density at radius 3 is 1.78 bits per heavy atom. The molecule has 2 amide bonds. The van der Waals surface area contributed by atoms with E-state index in [1.54, 1.807) is 12.3 Å². The van der Waals surface area contributed by atoms with Crippen LogP contribution in [0.3, 0.4) is 0 Å². The summed E-state index contributed by atoms with van der Waals surface area (Å²) in [5.41, 5.74) is 9.15. The SMILES string of the molecule is CCN(CC)[C@@H](C(=O)N1CCC[C@H]1c1ncc(-c2ccc(-c3ccc4c(c3)CCCc3[nH]c([C@@H]5CCCN5C(=O)[C@@H](c5ccccc5)N(CC)CC)nc3-4)cc2F)[nH]1)c1ccccc1. The maximum Gasteiger partial charge on any atom is 0.245 e. The molecule has 2 saturated heterocycles. The monoisotopic (exact) mass is 860 g/mol. The third kappa shape index (κ3) is 8.31. The van der Waals surface area contributed by atoms with E-state index >= 15 is 4.39 Å². The zero-order valence-corrected chi connectivity index (χ0v) is 37.7. The number of nitrogens with zero attached hydrogens (tertiary/aromatic N) is 6. The van der Waals surface area contributed by atoms with E-state index in [4.69, 9.17) is 9.97 Å².